The second kappa shape index (κ2) is 11.9. The van der Waals surface area contributed by atoms with Crippen molar-refractivity contribution in [2.24, 2.45) is 0 Å². The number of hydrogen-bond acceptors (Lipinski definition) is 2. The lowest BCUT2D eigenvalue weighted by atomic mass is 9.36. The summed E-state index contributed by atoms with van der Waals surface area (Å²) in [6.07, 6.45) is 0. The van der Waals surface area contributed by atoms with Crippen LogP contribution in [0, 0.1) is 0 Å². The van der Waals surface area contributed by atoms with Crippen molar-refractivity contribution < 1.29 is 0 Å². The van der Waals surface area contributed by atoms with E-state index in [0.29, 0.717) is 0 Å². The first-order chi connectivity index (χ1) is 25.5. The van der Waals surface area contributed by atoms with Crippen molar-refractivity contribution in [1.82, 2.24) is 0 Å². The van der Waals surface area contributed by atoms with Crippen LogP contribution in [0.3, 0.4) is 0 Å². The predicted molar refractivity (Wildman–Crippen MR) is 233 cm³/mol. The Morgan fingerprint density at radius 1 is 0.396 bits per heavy atom. The number of benzene rings is 8. The number of fused-ring (bicyclic) bond motifs is 7. The van der Waals surface area contributed by atoms with Gasteiger partial charge in [0, 0.05) is 19.6 Å². The molecule has 0 aromatic heterocycles. The van der Waals surface area contributed by atoms with Crippen molar-refractivity contribution in [2.75, 3.05) is 0 Å². The minimum atomic E-state index is 0.0767. The average molecular weight is 717 g/mol. The first kappa shape index (κ1) is 32.9. The van der Waals surface area contributed by atoms with Crippen LogP contribution in [0.2, 0.25) is 0 Å². The van der Waals surface area contributed by atoms with Crippen LogP contribution in [0.1, 0.15) is 52.7 Å². The van der Waals surface area contributed by atoms with Gasteiger partial charge in [-0.2, -0.15) is 0 Å². The summed E-state index contributed by atoms with van der Waals surface area (Å²) in [7, 11) is 0. The van der Waals surface area contributed by atoms with E-state index in [0.717, 1.165) is 0 Å². The minimum Gasteiger partial charge on any atom is -0.0911 e. The Labute approximate surface area is 322 Å². The lowest BCUT2D eigenvalue weighted by molar-refractivity contribution is 0.590. The highest BCUT2D eigenvalue weighted by atomic mass is 32.2. The summed E-state index contributed by atoms with van der Waals surface area (Å²) >= 11 is 3.92. The van der Waals surface area contributed by atoms with E-state index in [-0.39, 0.29) is 17.5 Å². The molecule has 0 unspecified atom stereocenters. The quantitative estimate of drug-likeness (QED) is 0.129. The molecular formula is C50H41BS2. The highest BCUT2D eigenvalue weighted by molar-refractivity contribution is 8.01. The normalized spacial score (nSPS) is 13.7. The van der Waals surface area contributed by atoms with Crippen LogP contribution in [0.5, 0.6) is 0 Å². The fraction of sp³-hybridized carbons (Fsp3) is 0.160. The largest absolute Gasteiger partial charge is 0.247 e. The molecule has 0 saturated heterocycles. The van der Waals surface area contributed by atoms with Gasteiger partial charge in [0.2, 0.25) is 6.71 Å². The summed E-state index contributed by atoms with van der Waals surface area (Å²) < 4.78 is 0. The molecule has 8 aromatic rings. The standard InChI is InChI=1S/C50H41BS2/c1-49(2,3)34-21-23-42-40(28-34)51-41-29-35(50(4,5)6)22-24-43(41)53-45-27-33(26-44(52-42)48(45)51)47-38-17-11-9-15-36(38)46(37-16-10-12-18-39(37)47)32-20-19-30-13-7-8-14-31(30)25-32/h7-29H,1-6H3. The van der Waals surface area contributed by atoms with Gasteiger partial charge in [-0.15, -0.1) is 0 Å². The topological polar surface area (TPSA) is 0 Å². The highest BCUT2D eigenvalue weighted by Gasteiger charge is 2.40. The molecular weight excluding hydrogens is 675 g/mol. The van der Waals surface area contributed by atoms with E-state index in [1.165, 1.54) is 102 Å². The Morgan fingerprint density at radius 3 is 1.34 bits per heavy atom. The SMILES string of the molecule is CC(C)(C)c1ccc2c(c1)B1c3cc(C(C)(C)C)ccc3Sc3cc(-c4c5ccccc5c(-c5ccc6ccccc6c5)c5ccccc45)cc(c31)S2. The molecule has 2 aliphatic rings. The Morgan fingerprint density at radius 2 is 0.849 bits per heavy atom. The summed E-state index contributed by atoms with van der Waals surface area (Å²) in [5.74, 6) is 0. The third-order valence-corrected chi connectivity index (χ3v) is 13.8. The molecule has 53 heavy (non-hydrogen) atoms. The summed E-state index contributed by atoms with van der Waals surface area (Å²) in [6.45, 7) is 14.2. The molecule has 3 heteroatoms. The molecule has 0 bridgehead atoms. The maximum absolute atomic E-state index is 2.52. The fourth-order valence-corrected chi connectivity index (χ4v) is 11.1. The van der Waals surface area contributed by atoms with Gasteiger partial charge in [0.1, 0.15) is 0 Å². The maximum Gasteiger partial charge on any atom is 0.247 e. The average Bonchev–Trinajstić information content (AvgIpc) is 3.15. The van der Waals surface area contributed by atoms with Gasteiger partial charge in [0.15, 0.2) is 0 Å². The molecule has 256 valence electrons. The van der Waals surface area contributed by atoms with E-state index in [1.807, 2.05) is 23.5 Å². The molecule has 0 atom stereocenters. The first-order valence-corrected chi connectivity index (χ1v) is 20.4. The maximum atomic E-state index is 2.52. The van der Waals surface area contributed by atoms with Crippen LogP contribution in [0.25, 0.3) is 54.6 Å². The second-order valence-corrected chi connectivity index (χ2v) is 19.1. The molecule has 0 fully saturated rings. The molecule has 2 heterocycles. The van der Waals surface area contributed by atoms with Gasteiger partial charge < -0.3 is 0 Å². The predicted octanol–water partition coefficient (Wildman–Crippen LogP) is 12.5. The van der Waals surface area contributed by atoms with Crippen LogP contribution in [0.4, 0.5) is 0 Å². The lowest BCUT2D eigenvalue weighted by Gasteiger charge is -2.35. The third-order valence-electron chi connectivity index (χ3n) is 11.5. The van der Waals surface area contributed by atoms with Gasteiger partial charge in [-0.1, -0.05) is 185 Å². The van der Waals surface area contributed by atoms with E-state index in [1.54, 1.807) is 0 Å². The van der Waals surface area contributed by atoms with Crippen LogP contribution in [-0.2, 0) is 10.8 Å². The van der Waals surface area contributed by atoms with Crippen LogP contribution >= 0.6 is 23.5 Å². The first-order valence-electron chi connectivity index (χ1n) is 18.8. The van der Waals surface area contributed by atoms with E-state index in [2.05, 4.69) is 181 Å². The molecule has 8 aromatic carbocycles. The van der Waals surface area contributed by atoms with E-state index >= 15 is 0 Å². The van der Waals surface area contributed by atoms with E-state index < -0.39 is 0 Å². The smallest absolute Gasteiger partial charge is 0.0911 e. The molecule has 0 radical (unpaired) electrons. The Kier molecular flexibility index (Phi) is 7.39. The molecule has 0 aliphatic carbocycles. The monoisotopic (exact) mass is 716 g/mol. The lowest BCUT2D eigenvalue weighted by Crippen LogP contribution is -2.58. The molecule has 0 saturated carbocycles. The zero-order valence-corrected chi connectivity index (χ0v) is 32.8. The molecule has 0 amide bonds. The van der Waals surface area contributed by atoms with Crippen LogP contribution in [0.15, 0.2) is 159 Å². The van der Waals surface area contributed by atoms with Crippen LogP contribution < -0.4 is 16.4 Å². The molecule has 0 spiro atoms. The van der Waals surface area contributed by atoms with Crippen molar-refractivity contribution in [2.45, 2.75) is 72.0 Å². The Hall–Kier alpha value is -4.70. The Balaban J connectivity index is 1.23. The van der Waals surface area contributed by atoms with Gasteiger partial charge in [0.05, 0.1) is 0 Å². The Bertz CT molecular complexity index is 2670. The van der Waals surface area contributed by atoms with E-state index in [4.69, 9.17) is 0 Å². The molecule has 2 aliphatic heterocycles. The van der Waals surface area contributed by atoms with Crippen molar-refractivity contribution in [1.29, 1.82) is 0 Å². The number of hydrogen-bond donors (Lipinski definition) is 0. The van der Waals surface area contributed by atoms with Crippen molar-refractivity contribution in [3.8, 4) is 22.3 Å². The highest BCUT2D eigenvalue weighted by Crippen LogP contribution is 2.47. The van der Waals surface area contributed by atoms with Gasteiger partial charge in [-0.25, -0.2) is 0 Å². The minimum absolute atomic E-state index is 0.0767. The van der Waals surface area contributed by atoms with Crippen molar-refractivity contribution in [3.63, 3.8) is 0 Å². The van der Waals surface area contributed by atoms with Gasteiger partial charge in [0.25, 0.3) is 0 Å². The molecule has 0 nitrogen and oxygen atoms in total. The number of rotatable bonds is 2. The summed E-state index contributed by atoms with van der Waals surface area (Å²) in [4.78, 5) is 5.51. The fourth-order valence-electron chi connectivity index (χ4n) is 8.68. The molecule has 0 N–H and O–H groups in total. The molecule has 10 rings (SSSR count). The van der Waals surface area contributed by atoms with Gasteiger partial charge in [-0.05, 0) is 112 Å². The van der Waals surface area contributed by atoms with Gasteiger partial charge in [-0.3, -0.25) is 0 Å². The van der Waals surface area contributed by atoms with Crippen molar-refractivity contribution >= 4 is 78.9 Å². The summed E-state index contributed by atoms with van der Waals surface area (Å²) in [6, 6.07) is 53.3. The zero-order chi connectivity index (χ0) is 36.2. The van der Waals surface area contributed by atoms with Crippen LogP contribution in [-0.4, -0.2) is 6.71 Å². The third kappa shape index (κ3) is 5.30. The van der Waals surface area contributed by atoms with Crippen molar-refractivity contribution in [3.05, 3.63) is 151 Å². The van der Waals surface area contributed by atoms with Gasteiger partial charge >= 0.3 is 0 Å². The zero-order valence-electron chi connectivity index (χ0n) is 31.2. The summed E-state index contributed by atoms with van der Waals surface area (Å²) in [5, 5.41) is 7.71. The second-order valence-electron chi connectivity index (χ2n) is 16.9. The summed E-state index contributed by atoms with van der Waals surface area (Å²) in [5.41, 5.74) is 12.5. The van der Waals surface area contributed by atoms with E-state index in [9.17, 15) is 0 Å².